The summed E-state index contributed by atoms with van der Waals surface area (Å²) in [5.74, 6) is 0.671. The highest BCUT2D eigenvalue weighted by molar-refractivity contribution is 6.01. The summed E-state index contributed by atoms with van der Waals surface area (Å²) in [6.07, 6.45) is 0.718. The molecular weight excluding hydrogens is 482 g/mol. The summed E-state index contributed by atoms with van der Waals surface area (Å²) >= 11 is 0. The van der Waals surface area contributed by atoms with Gasteiger partial charge >= 0.3 is 0 Å². The van der Waals surface area contributed by atoms with Crippen LogP contribution >= 0.6 is 0 Å². The third kappa shape index (κ3) is 5.77. The number of anilines is 1. The van der Waals surface area contributed by atoms with Crippen LogP contribution in [-0.4, -0.2) is 46.6 Å². The molecule has 2 amide bonds. The van der Waals surface area contributed by atoms with Crippen LogP contribution in [0.15, 0.2) is 72.8 Å². The van der Waals surface area contributed by atoms with Gasteiger partial charge in [-0.25, -0.2) is 4.68 Å². The van der Waals surface area contributed by atoms with E-state index in [-0.39, 0.29) is 18.4 Å². The number of carbonyl (C=O) groups is 2. The molecule has 9 heteroatoms. The van der Waals surface area contributed by atoms with Crippen molar-refractivity contribution in [3.05, 3.63) is 78.4 Å². The van der Waals surface area contributed by atoms with E-state index in [1.807, 2.05) is 45.0 Å². The molecule has 0 saturated carbocycles. The molecule has 0 bridgehead atoms. The van der Waals surface area contributed by atoms with Crippen LogP contribution in [-0.2, 0) is 16.1 Å². The summed E-state index contributed by atoms with van der Waals surface area (Å²) in [7, 11) is 3.16. The molecule has 3 aromatic carbocycles. The first kappa shape index (κ1) is 26.7. The fourth-order valence-corrected chi connectivity index (χ4v) is 4.11. The summed E-state index contributed by atoms with van der Waals surface area (Å²) in [6, 6.07) is 20.7. The number of carbonyl (C=O) groups excluding carboxylic acids is 2. The van der Waals surface area contributed by atoms with Crippen molar-refractivity contribution in [3.8, 4) is 11.5 Å². The number of aromatic nitrogens is 3. The number of ether oxygens (including phenoxy) is 2. The molecule has 38 heavy (non-hydrogen) atoms. The smallest absolute Gasteiger partial charge is 0.249 e. The molecule has 1 atom stereocenters. The van der Waals surface area contributed by atoms with Gasteiger partial charge in [-0.3, -0.25) is 14.5 Å². The van der Waals surface area contributed by atoms with Crippen molar-refractivity contribution < 1.29 is 19.1 Å². The van der Waals surface area contributed by atoms with Crippen molar-refractivity contribution in [3.63, 3.8) is 0 Å². The van der Waals surface area contributed by atoms with Crippen LogP contribution in [0.25, 0.3) is 11.0 Å². The monoisotopic (exact) mass is 515 g/mol. The number of amides is 2. The van der Waals surface area contributed by atoms with E-state index in [1.54, 1.807) is 67.4 Å². The number of fused-ring (bicyclic) bond motifs is 1. The molecule has 4 aromatic rings. The number of para-hydroxylation sites is 1. The third-order valence-electron chi connectivity index (χ3n) is 6.61. The topological polar surface area (TPSA) is 98.6 Å². The number of rotatable bonds is 10. The Bertz CT molecular complexity index is 1400. The van der Waals surface area contributed by atoms with E-state index < -0.39 is 11.6 Å². The maximum absolute atomic E-state index is 14.1. The van der Waals surface area contributed by atoms with Crippen LogP contribution in [0.4, 0.5) is 5.69 Å². The molecule has 1 aromatic heterocycles. The van der Waals surface area contributed by atoms with Crippen LogP contribution in [0.1, 0.15) is 38.8 Å². The average molecular weight is 516 g/mol. The Hall–Kier alpha value is -4.40. The highest BCUT2D eigenvalue weighted by atomic mass is 16.5. The van der Waals surface area contributed by atoms with Crippen molar-refractivity contribution in [2.24, 2.45) is 0 Å². The lowest BCUT2D eigenvalue weighted by atomic mass is 9.98. The molecule has 198 valence electrons. The van der Waals surface area contributed by atoms with Gasteiger partial charge in [0.1, 0.15) is 29.6 Å². The summed E-state index contributed by atoms with van der Waals surface area (Å²) in [6.45, 7) is 5.81. The van der Waals surface area contributed by atoms with E-state index in [0.29, 0.717) is 28.3 Å². The Balaban J connectivity index is 1.82. The van der Waals surface area contributed by atoms with Crippen LogP contribution in [0.5, 0.6) is 11.5 Å². The van der Waals surface area contributed by atoms with Gasteiger partial charge < -0.3 is 14.8 Å². The predicted molar refractivity (Wildman–Crippen MR) is 146 cm³/mol. The number of nitrogens with one attached hydrogen (secondary N) is 1. The van der Waals surface area contributed by atoms with E-state index >= 15 is 0 Å². The molecule has 4 rings (SSSR count). The molecule has 0 aliphatic rings. The first-order valence-electron chi connectivity index (χ1n) is 12.5. The van der Waals surface area contributed by atoms with E-state index in [1.165, 1.54) is 4.90 Å². The predicted octanol–water partition coefficient (Wildman–Crippen LogP) is 4.53. The van der Waals surface area contributed by atoms with Gasteiger partial charge in [0.25, 0.3) is 0 Å². The van der Waals surface area contributed by atoms with Crippen molar-refractivity contribution in [2.45, 2.75) is 45.3 Å². The molecule has 1 N–H and O–H groups in total. The number of methoxy groups -OCH3 is 2. The highest BCUT2D eigenvalue weighted by Gasteiger charge is 2.35. The van der Waals surface area contributed by atoms with Gasteiger partial charge in [-0.1, -0.05) is 36.4 Å². The minimum absolute atomic E-state index is 0.107. The Kier molecular flexibility index (Phi) is 7.95. The van der Waals surface area contributed by atoms with E-state index in [2.05, 4.69) is 15.6 Å². The maximum Gasteiger partial charge on any atom is 0.249 e. The molecular formula is C29H33N5O4. The third-order valence-corrected chi connectivity index (χ3v) is 6.61. The fourth-order valence-electron chi connectivity index (χ4n) is 4.11. The van der Waals surface area contributed by atoms with Crippen molar-refractivity contribution in [1.82, 2.24) is 20.3 Å². The molecule has 0 spiro atoms. The first-order chi connectivity index (χ1) is 18.3. The van der Waals surface area contributed by atoms with Crippen LogP contribution in [0.2, 0.25) is 0 Å². The summed E-state index contributed by atoms with van der Waals surface area (Å²) in [5, 5.41) is 11.5. The largest absolute Gasteiger partial charge is 0.497 e. The van der Waals surface area contributed by atoms with E-state index in [9.17, 15) is 9.59 Å². The second kappa shape index (κ2) is 11.3. The van der Waals surface area contributed by atoms with Gasteiger partial charge in [0.05, 0.1) is 19.7 Å². The number of nitrogens with zero attached hydrogens (tertiary/aromatic N) is 4. The second-order valence-corrected chi connectivity index (χ2v) is 9.60. The molecule has 0 fully saturated rings. The van der Waals surface area contributed by atoms with Gasteiger partial charge in [-0.2, -0.15) is 0 Å². The quantitative estimate of drug-likeness (QED) is 0.333. The zero-order valence-electron chi connectivity index (χ0n) is 22.3. The lowest BCUT2D eigenvalue weighted by Gasteiger charge is -2.34. The van der Waals surface area contributed by atoms with Gasteiger partial charge in [0, 0.05) is 11.2 Å². The van der Waals surface area contributed by atoms with Crippen molar-refractivity contribution in [1.29, 1.82) is 0 Å². The summed E-state index contributed by atoms with van der Waals surface area (Å²) < 4.78 is 12.2. The number of hydrogen-bond acceptors (Lipinski definition) is 6. The molecule has 1 heterocycles. The van der Waals surface area contributed by atoms with E-state index in [0.717, 1.165) is 11.9 Å². The van der Waals surface area contributed by atoms with Gasteiger partial charge in [-0.05, 0) is 74.4 Å². The molecule has 9 nitrogen and oxygen atoms in total. The standard InChI is InChI=1S/C29H33N5O4/c1-6-29(2,3)30-28(36)27(20-11-15-22(37-4)16-12-20)34(21-13-17-23(38-5)18-14-21)26(35)19-33-25-10-8-7-9-24(25)31-32-33/h7-18,27H,6,19H2,1-5H3,(H,30,36)/t27-/m1/s1. The van der Waals surface area contributed by atoms with Gasteiger partial charge in [0.2, 0.25) is 11.8 Å². The Morgan fingerprint density at radius 2 is 1.55 bits per heavy atom. The lowest BCUT2D eigenvalue weighted by Crippen LogP contribution is -2.51. The molecule has 0 aliphatic heterocycles. The Labute approximate surface area is 222 Å². The zero-order valence-corrected chi connectivity index (χ0v) is 22.3. The minimum Gasteiger partial charge on any atom is -0.497 e. The molecule has 0 unspecified atom stereocenters. The number of benzene rings is 3. The maximum atomic E-state index is 14.1. The van der Waals surface area contributed by atoms with E-state index in [4.69, 9.17) is 9.47 Å². The SMILES string of the molecule is CCC(C)(C)NC(=O)[C@@H](c1ccc(OC)cc1)N(C(=O)Cn1nnc2ccccc21)c1ccc(OC)cc1. The molecule has 0 aliphatic carbocycles. The van der Waals surface area contributed by atoms with Crippen LogP contribution in [0, 0.1) is 0 Å². The first-order valence-corrected chi connectivity index (χ1v) is 12.5. The van der Waals surface area contributed by atoms with Crippen LogP contribution in [0.3, 0.4) is 0 Å². The average Bonchev–Trinajstić information content (AvgIpc) is 3.34. The Morgan fingerprint density at radius 3 is 2.16 bits per heavy atom. The fraction of sp³-hybridized carbons (Fsp3) is 0.310. The highest BCUT2D eigenvalue weighted by Crippen LogP contribution is 2.31. The molecule has 0 saturated heterocycles. The second-order valence-electron chi connectivity index (χ2n) is 9.60. The summed E-state index contributed by atoms with van der Waals surface area (Å²) in [5.41, 5.74) is 2.13. The van der Waals surface area contributed by atoms with Crippen molar-refractivity contribution in [2.75, 3.05) is 19.1 Å². The summed E-state index contributed by atoms with van der Waals surface area (Å²) in [4.78, 5) is 29.5. The van der Waals surface area contributed by atoms with Crippen LogP contribution < -0.4 is 19.7 Å². The lowest BCUT2D eigenvalue weighted by molar-refractivity contribution is -0.128. The minimum atomic E-state index is -0.956. The zero-order chi connectivity index (χ0) is 27.3. The molecule has 0 radical (unpaired) electrons. The van der Waals surface area contributed by atoms with Gasteiger partial charge in [0.15, 0.2) is 0 Å². The number of hydrogen-bond donors (Lipinski definition) is 1. The van der Waals surface area contributed by atoms with Crippen molar-refractivity contribution >= 4 is 28.5 Å². The normalized spacial score (nSPS) is 12.1. The van der Waals surface area contributed by atoms with Gasteiger partial charge in [-0.15, -0.1) is 5.10 Å². The Morgan fingerprint density at radius 1 is 0.947 bits per heavy atom.